The number of hydrogen-bond donors (Lipinski definition) is 0. The Kier molecular flexibility index (Phi) is 6.30. The van der Waals surface area contributed by atoms with Crippen molar-refractivity contribution in [3.8, 4) is 0 Å². The Morgan fingerprint density at radius 1 is 0.906 bits per heavy atom. The average Bonchev–Trinajstić information content (AvgIpc) is 3.45. The molecule has 1 heterocycles. The SMILES string of the molecule is CCSC1=CC=CC1[C@H](C)n1c(P(c2ccccc2)c2ccccc2)nc2ccccc21. The number of nitrogens with zero attached hydrogens (tertiary/aromatic N) is 2. The molecule has 4 aromatic rings. The second kappa shape index (κ2) is 9.48. The van der Waals surface area contributed by atoms with Gasteiger partial charge in [0.15, 0.2) is 0 Å². The number of rotatable bonds is 7. The number of thioether (sulfide) groups is 1. The largest absolute Gasteiger partial charge is 0.320 e. The molecule has 0 spiro atoms. The molecule has 0 bridgehead atoms. The van der Waals surface area contributed by atoms with E-state index in [1.54, 1.807) is 0 Å². The van der Waals surface area contributed by atoms with Crippen molar-refractivity contribution in [3.63, 3.8) is 0 Å². The number of aromatic nitrogens is 2. The van der Waals surface area contributed by atoms with E-state index in [0.29, 0.717) is 5.92 Å². The summed E-state index contributed by atoms with van der Waals surface area (Å²) in [6.45, 7) is 4.58. The highest BCUT2D eigenvalue weighted by Crippen LogP contribution is 2.41. The number of fused-ring (bicyclic) bond motifs is 1. The standard InChI is InChI=1S/C28H27N2PS/c1-3-32-27-20-12-17-24(27)21(2)30-26-19-11-10-18-25(26)29-28(30)31(22-13-6-4-7-14-22)23-15-8-5-9-16-23/h4-21,24H,3H2,1-2H3/t21-,24?/m0/s1. The predicted octanol–water partition coefficient (Wildman–Crippen LogP) is 6.18. The van der Waals surface area contributed by atoms with Crippen LogP contribution in [0.3, 0.4) is 0 Å². The van der Waals surface area contributed by atoms with Gasteiger partial charge < -0.3 is 4.57 Å². The van der Waals surface area contributed by atoms with Crippen molar-refractivity contribution in [2.24, 2.45) is 5.92 Å². The van der Waals surface area contributed by atoms with Gasteiger partial charge in [-0.2, -0.15) is 0 Å². The Labute approximate surface area is 195 Å². The summed E-state index contributed by atoms with van der Waals surface area (Å²) < 4.78 is 2.52. The van der Waals surface area contributed by atoms with E-state index in [0.717, 1.165) is 11.3 Å². The van der Waals surface area contributed by atoms with Gasteiger partial charge in [0.25, 0.3) is 0 Å². The molecule has 0 saturated carbocycles. The van der Waals surface area contributed by atoms with Crippen LogP contribution >= 0.6 is 19.7 Å². The third-order valence-corrected chi connectivity index (χ3v) is 9.33. The quantitative estimate of drug-likeness (QED) is 0.311. The van der Waals surface area contributed by atoms with E-state index in [9.17, 15) is 0 Å². The number of allylic oxidation sites excluding steroid dienone is 4. The Bertz CT molecular complexity index is 1220. The first kappa shape index (κ1) is 21.2. The van der Waals surface area contributed by atoms with Gasteiger partial charge in [0, 0.05) is 19.9 Å². The normalized spacial score (nSPS) is 16.6. The number of imidazole rings is 1. The molecule has 2 atom stereocenters. The molecule has 32 heavy (non-hydrogen) atoms. The Balaban J connectivity index is 1.71. The minimum Gasteiger partial charge on any atom is -0.320 e. The van der Waals surface area contributed by atoms with Crippen LogP contribution in [0.5, 0.6) is 0 Å². The Morgan fingerprint density at radius 2 is 1.53 bits per heavy atom. The van der Waals surface area contributed by atoms with Gasteiger partial charge in [0.1, 0.15) is 5.57 Å². The topological polar surface area (TPSA) is 17.8 Å². The van der Waals surface area contributed by atoms with Crippen LogP contribution in [0.2, 0.25) is 0 Å². The first-order chi connectivity index (χ1) is 15.8. The van der Waals surface area contributed by atoms with Crippen molar-refractivity contribution in [1.29, 1.82) is 0 Å². The van der Waals surface area contributed by atoms with Gasteiger partial charge in [0.05, 0.1) is 11.0 Å². The fourth-order valence-electron chi connectivity index (χ4n) is 4.47. The fourth-order valence-corrected chi connectivity index (χ4v) is 7.86. The van der Waals surface area contributed by atoms with Gasteiger partial charge >= 0.3 is 0 Å². The van der Waals surface area contributed by atoms with Crippen LogP contribution in [-0.2, 0) is 0 Å². The summed E-state index contributed by atoms with van der Waals surface area (Å²) in [6, 6.07) is 30.6. The summed E-state index contributed by atoms with van der Waals surface area (Å²) in [4.78, 5) is 6.72. The van der Waals surface area contributed by atoms with E-state index in [4.69, 9.17) is 4.98 Å². The minimum absolute atomic E-state index is 0.277. The molecule has 0 saturated heterocycles. The van der Waals surface area contributed by atoms with Crippen molar-refractivity contribution in [3.05, 3.63) is 108 Å². The zero-order valence-corrected chi connectivity index (χ0v) is 20.1. The van der Waals surface area contributed by atoms with Gasteiger partial charge in [-0.05, 0) is 40.3 Å². The minimum atomic E-state index is -0.781. The van der Waals surface area contributed by atoms with Crippen molar-refractivity contribution < 1.29 is 0 Å². The molecule has 5 rings (SSSR count). The molecule has 0 fully saturated rings. The number of hydrogen-bond acceptors (Lipinski definition) is 2. The summed E-state index contributed by atoms with van der Waals surface area (Å²) in [5.41, 5.74) is 3.46. The molecule has 0 aliphatic heterocycles. The van der Waals surface area contributed by atoms with Crippen LogP contribution < -0.4 is 16.2 Å². The molecule has 2 nitrogen and oxygen atoms in total. The van der Waals surface area contributed by atoms with Crippen molar-refractivity contribution in [1.82, 2.24) is 9.55 Å². The fraction of sp³-hybridized carbons (Fsp3) is 0.179. The first-order valence-electron chi connectivity index (χ1n) is 11.2. The number of para-hydroxylation sites is 2. The summed E-state index contributed by atoms with van der Waals surface area (Å²) in [5.74, 6) is 1.47. The van der Waals surface area contributed by atoms with Crippen molar-refractivity contribution in [2.75, 3.05) is 5.75 Å². The summed E-state index contributed by atoms with van der Waals surface area (Å²) in [6.07, 6.45) is 6.86. The average molecular weight is 455 g/mol. The molecular weight excluding hydrogens is 427 g/mol. The maximum Gasteiger partial charge on any atom is 0.142 e. The van der Waals surface area contributed by atoms with Crippen LogP contribution in [0, 0.1) is 5.92 Å². The van der Waals surface area contributed by atoms with Crippen LogP contribution in [0.25, 0.3) is 11.0 Å². The van der Waals surface area contributed by atoms with Crippen molar-refractivity contribution in [2.45, 2.75) is 19.9 Å². The van der Waals surface area contributed by atoms with Crippen LogP contribution in [0.15, 0.2) is 108 Å². The van der Waals surface area contributed by atoms with Gasteiger partial charge in [-0.1, -0.05) is 97.9 Å². The predicted molar refractivity (Wildman–Crippen MR) is 142 cm³/mol. The second-order valence-electron chi connectivity index (χ2n) is 7.93. The van der Waals surface area contributed by atoms with Gasteiger partial charge in [-0.25, -0.2) is 4.98 Å². The maximum absolute atomic E-state index is 5.27. The highest BCUT2D eigenvalue weighted by Gasteiger charge is 2.30. The first-order valence-corrected chi connectivity index (χ1v) is 13.5. The molecule has 0 N–H and O–H groups in total. The Morgan fingerprint density at radius 3 is 2.19 bits per heavy atom. The van der Waals surface area contributed by atoms with Crippen LogP contribution in [-0.4, -0.2) is 15.3 Å². The smallest absolute Gasteiger partial charge is 0.142 e. The maximum atomic E-state index is 5.27. The highest BCUT2D eigenvalue weighted by atomic mass is 32.2. The molecule has 0 radical (unpaired) electrons. The van der Waals surface area contributed by atoms with E-state index in [2.05, 4.69) is 122 Å². The zero-order chi connectivity index (χ0) is 21.9. The zero-order valence-electron chi connectivity index (χ0n) is 18.4. The molecule has 4 heteroatoms. The van der Waals surface area contributed by atoms with Gasteiger partial charge in [-0.3, -0.25) is 0 Å². The Hall–Kier alpha value is -2.61. The summed E-state index contributed by atoms with van der Waals surface area (Å²) >= 11 is 1.96. The lowest BCUT2D eigenvalue weighted by Gasteiger charge is -2.28. The number of benzene rings is 3. The second-order valence-corrected chi connectivity index (χ2v) is 11.4. The van der Waals surface area contributed by atoms with E-state index in [1.165, 1.54) is 26.6 Å². The van der Waals surface area contributed by atoms with Gasteiger partial charge in [-0.15, -0.1) is 11.8 Å². The summed E-state index contributed by atoms with van der Waals surface area (Å²) in [7, 11) is -0.781. The van der Waals surface area contributed by atoms with E-state index in [-0.39, 0.29) is 6.04 Å². The van der Waals surface area contributed by atoms with E-state index < -0.39 is 7.92 Å². The molecule has 1 unspecified atom stereocenters. The van der Waals surface area contributed by atoms with E-state index >= 15 is 0 Å². The molecule has 0 amide bonds. The molecular formula is C28H27N2PS. The van der Waals surface area contributed by atoms with E-state index in [1.807, 2.05) is 11.8 Å². The highest BCUT2D eigenvalue weighted by molar-refractivity contribution is 8.03. The third kappa shape index (κ3) is 3.96. The lowest BCUT2D eigenvalue weighted by molar-refractivity contribution is 0.497. The molecule has 1 aliphatic rings. The lowest BCUT2D eigenvalue weighted by Crippen LogP contribution is -2.31. The lowest BCUT2D eigenvalue weighted by atomic mass is 10.0. The monoisotopic (exact) mass is 454 g/mol. The summed E-state index contributed by atoms with van der Waals surface area (Å²) in [5, 5.41) is 2.66. The van der Waals surface area contributed by atoms with Gasteiger partial charge in [0.2, 0.25) is 0 Å². The molecule has 1 aromatic heterocycles. The van der Waals surface area contributed by atoms with Crippen molar-refractivity contribution >= 4 is 46.9 Å². The molecule has 160 valence electrons. The van der Waals surface area contributed by atoms with Crippen LogP contribution in [0.4, 0.5) is 0 Å². The molecule has 3 aromatic carbocycles. The third-order valence-electron chi connectivity index (χ3n) is 5.95. The molecule has 1 aliphatic carbocycles. The van der Waals surface area contributed by atoms with Crippen LogP contribution in [0.1, 0.15) is 19.9 Å².